The number of likely N-dealkylation sites (tertiary alicyclic amines) is 1. The van der Waals surface area contributed by atoms with Crippen LogP contribution >= 0.6 is 23.2 Å². The van der Waals surface area contributed by atoms with E-state index < -0.39 is 10.8 Å². The van der Waals surface area contributed by atoms with Crippen LogP contribution in [0, 0.1) is 20.8 Å². The summed E-state index contributed by atoms with van der Waals surface area (Å²) in [4.78, 5) is 127. The quantitative estimate of drug-likeness (QED) is 0.0323. The van der Waals surface area contributed by atoms with Crippen LogP contribution in [0.1, 0.15) is 83.0 Å². The van der Waals surface area contributed by atoms with Crippen molar-refractivity contribution in [3.63, 3.8) is 0 Å². The van der Waals surface area contributed by atoms with E-state index in [-0.39, 0.29) is 29.7 Å². The van der Waals surface area contributed by atoms with Crippen molar-refractivity contribution in [2.45, 2.75) is 52.8 Å². The third-order valence-corrected chi connectivity index (χ3v) is 24.3. The molecule has 9 N–H and O–H groups in total. The lowest BCUT2D eigenvalue weighted by Gasteiger charge is -2.30. The van der Waals surface area contributed by atoms with Gasteiger partial charge in [-0.25, -0.2) is 64.8 Å². The van der Waals surface area contributed by atoms with E-state index in [1.54, 1.807) is 109 Å². The number of hydrogen-bond donors (Lipinski definition) is 9. The lowest BCUT2D eigenvalue weighted by molar-refractivity contribution is 0.0348. The summed E-state index contributed by atoms with van der Waals surface area (Å²) in [5.41, 5.74) is 18.2. The molecule has 2 aliphatic heterocycles. The number of aryl methyl sites for hydroxylation is 9. The number of rotatable bonds is 21. The molecule has 4 amide bonds. The van der Waals surface area contributed by atoms with E-state index in [0.29, 0.717) is 130 Å². The molecule has 0 spiro atoms. The van der Waals surface area contributed by atoms with Crippen LogP contribution in [0.3, 0.4) is 0 Å². The topological polar surface area (TPSA) is 438 Å². The van der Waals surface area contributed by atoms with E-state index >= 15 is 0 Å². The molecule has 2 aliphatic rings. The molecular formula is C92H94Cl2N32O6S. The highest BCUT2D eigenvalue weighted by Crippen LogP contribution is 2.35. The van der Waals surface area contributed by atoms with Crippen LogP contribution in [-0.4, -0.2) is 218 Å². The average Bonchev–Trinajstić information content (AvgIpc) is 1.67. The van der Waals surface area contributed by atoms with Gasteiger partial charge in [0.1, 0.15) is 51.4 Å². The third-order valence-electron chi connectivity index (χ3n) is 22.4. The van der Waals surface area contributed by atoms with Gasteiger partial charge >= 0.3 is 0 Å². The van der Waals surface area contributed by atoms with E-state index in [4.69, 9.17) is 27.9 Å². The van der Waals surface area contributed by atoms with Gasteiger partial charge in [-0.3, -0.25) is 28.1 Å². The van der Waals surface area contributed by atoms with Crippen molar-refractivity contribution in [1.82, 2.24) is 137 Å². The van der Waals surface area contributed by atoms with Crippen LogP contribution in [0.25, 0.3) is 89.2 Å². The number of aromatic amines is 4. The van der Waals surface area contributed by atoms with Crippen LogP contribution in [0.2, 0.25) is 10.0 Å². The predicted octanol–water partition coefficient (Wildman–Crippen LogP) is 13.8. The molecule has 0 saturated carbocycles. The van der Waals surface area contributed by atoms with Gasteiger partial charge in [0.2, 0.25) is 23.8 Å². The maximum atomic E-state index is 13.0. The summed E-state index contributed by atoms with van der Waals surface area (Å²) in [6, 6.07) is 29.9. The summed E-state index contributed by atoms with van der Waals surface area (Å²) in [6.45, 7) is 9.11. The van der Waals surface area contributed by atoms with Gasteiger partial charge in [-0.2, -0.15) is 5.10 Å². The van der Waals surface area contributed by atoms with Gasteiger partial charge in [0.05, 0.1) is 87.5 Å². The van der Waals surface area contributed by atoms with Crippen LogP contribution in [0.5, 0.6) is 0 Å². The molecule has 678 valence electrons. The highest BCUT2D eigenvalue weighted by Gasteiger charge is 2.28. The maximum Gasteiger partial charge on any atom is 0.270 e. The zero-order valence-electron chi connectivity index (χ0n) is 74.4. The van der Waals surface area contributed by atoms with Crippen molar-refractivity contribution >= 4 is 148 Å². The molecule has 0 radical (unpaired) electrons. The average molecular weight is 1850 g/mol. The van der Waals surface area contributed by atoms with Crippen LogP contribution in [0.4, 0.5) is 46.5 Å². The molecule has 14 aromatic heterocycles. The van der Waals surface area contributed by atoms with Crippen LogP contribution in [-0.2, 0) is 70.9 Å². The third kappa shape index (κ3) is 21.0. The summed E-state index contributed by atoms with van der Waals surface area (Å²) in [5.74, 6) is 3.23. The number of nitrogens with one attached hydrogen (secondary N) is 9. The zero-order chi connectivity index (χ0) is 92.8. The number of aromatic nitrogens is 24. The smallest absolute Gasteiger partial charge is 0.270 e. The Morgan fingerprint density at radius 2 is 0.850 bits per heavy atom. The summed E-state index contributed by atoms with van der Waals surface area (Å²) in [7, 11) is 14.1. The molecule has 0 unspecified atom stereocenters. The Balaban J connectivity index is 0.000000124. The van der Waals surface area contributed by atoms with E-state index in [2.05, 4.69) is 116 Å². The van der Waals surface area contributed by atoms with Crippen molar-refractivity contribution in [3.8, 4) is 45.6 Å². The fourth-order valence-corrected chi connectivity index (χ4v) is 17.2. The van der Waals surface area contributed by atoms with Crippen LogP contribution < -0.4 is 26.6 Å². The number of H-pyrrole nitrogens is 4. The van der Waals surface area contributed by atoms with Crippen molar-refractivity contribution in [2.75, 3.05) is 73.1 Å². The Bertz CT molecular complexity index is 7370. The molecule has 2 saturated heterocycles. The molecule has 0 atom stereocenters. The van der Waals surface area contributed by atoms with E-state index in [1.165, 1.54) is 0 Å². The Labute approximate surface area is 774 Å². The molecule has 16 heterocycles. The SMILES string of the molecule is COC1CCN(C(=O)c2cc3cc(Nc4nccc(-c5cn(C)cn5)n4)cc(Cl)c3[nH]2)CC1.Cc1cc(Nc2nccc(-c3cn(C)cn3)n2)cc2cc(C(=O)N(C)Cc3nccn3C)[nH]c12.Cc1nn(C)cc1CNC(=O)c1cc2cc(Nc3nccc(-c4cn(C)cn4)n3)cc(C)c2[nH]1.Cn1cnc(-c2ccnc(Nc3cc(Cl)c4[nH]c(C(=O)N5CCS(=O)CC5)cc4c3)n2)c1. The summed E-state index contributed by atoms with van der Waals surface area (Å²) >= 11 is 13.0. The second kappa shape index (κ2) is 39.0. The normalized spacial score (nSPS) is 12.9. The lowest BCUT2D eigenvalue weighted by Crippen LogP contribution is -2.41. The first-order valence-electron chi connectivity index (χ1n) is 42.4. The second-order valence-corrected chi connectivity index (χ2v) is 34.9. The number of amides is 4. The number of imidazole rings is 5. The van der Waals surface area contributed by atoms with Crippen LogP contribution in [0.15, 0.2) is 191 Å². The second-order valence-electron chi connectivity index (χ2n) is 32.4. The predicted molar refractivity (Wildman–Crippen MR) is 511 cm³/mol. The van der Waals surface area contributed by atoms with Gasteiger partial charge < -0.3 is 88.8 Å². The number of anilines is 8. The fraction of sp³-hybridized carbons (Fsp3) is 0.239. The Hall–Kier alpha value is -15.6. The minimum absolute atomic E-state index is 0.0299. The summed E-state index contributed by atoms with van der Waals surface area (Å²) in [5, 5.41) is 24.7. The van der Waals surface area contributed by atoms with Gasteiger partial charge in [0.25, 0.3) is 23.6 Å². The number of carbonyl (C=O) groups excluding carboxylic acids is 4. The number of nitrogens with zero attached hydrogens (tertiary/aromatic N) is 23. The zero-order valence-corrected chi connectivity index (χ0v) is 76.8. The minimum atomic E-state index is -0.838. The van der Waals surface area contributed by atoms with E-state index in [1.807, 2.05) is 201 Å². The standard InChI is InChI=1S/2C24H25N9O.C23H24ClN7O2.C21H20ClN7O2S/c1-14-7-18(28-24-25-6-5-19(30-24)21-12-32(3)13-27-21)8-16-9-20(29-22(14)16)23(34)26-10-17-11-33(4)31-15(17)2;1-15-9-17(28-24-26-6-5-18(30-24)20-12-31(2)14-27-20)10-16-11-19(29-22(15)16)23(34)33(4)13-21-25-7-8-32(21)3;1-30-12-20(26-13-30)18-3-6-25-23(29-18)27-15-9-14-10-19(28-21(14)17(24)11-15)22(32)31-7-4-16(33-2)5-8-31;1-28-11-18(24-12-28)16-2-3-23-21(27-16)25-14-8-13-9-17(26-19(13)15(22)10-14)20(30)29-4-6-32(31)7-5-29/h5-9,11-13,29H,10H2,1-4H3,(H,26,34)(H,25,28,30);5-12,14,29H,13H2,1-4H3,(H,26,28,30);3,6,9-13,16,28H,4-5,7-8H2,1-2H3,(H,25,27,29);2-3,8-12,26H,4-7H2,1H3,(H,23,25,27). The Morgan fingerprint density at radius 1 is 0.466 bits per heavy atom. The molecule has 18 aromatic rings. The Kier molecular flexibility index (Phi) is 26.2. The molecule has 0 bridgehead atoms. The summed E-state index contributed by atoms with van der Waals surface area (Å²) < 4.78 is 28.1. The monoisotopic (exact) mass is 1840 g/mol. The van der Waals surface area contributed by atoms with Gasteiger partial charge in [-0.15, -0.1) is 0 Å². The molecule has 38 nitrogen and oxygen atoms in total. The number of benzene rings is 4. The van der Waals surface area contributed by atoms with Crippen molar-refractivity contribution < 1.29 is 28.1 Å². The molecular weight excluding hydrogens is 1750 g/mol. The summed E-state index contributed by atoms with van der Waals surface area (Å²) in [6.07, 6.45) is 28.7. The fourth-order valence-electron chi connectivity index (χ4n) is 15.6. The number of fused-ring (bicyclic) bond motifs is 4. The molecule has 41 heteroatoms. The van der Waals surface area contributed by atoms with E-state index in [9.17, 15) is 23.4 Å². The van der Waals surface area contributed by atoms with Crippen molar-refractivity contribution in [2.24, 2.45) is 42.3 Å². The number of carbonyl (C=O) groups is 4. The van der Waals surface area contributed by atoms with Gasteiger partial charge in [-0.1, -0.05) is 23.2 Å². The number of piperidine rings is 1. The van der Waals surface area contributed by atoms with Gasteiger partial charge in [0, 0.05) is 241 Å². The molecule has 20 rings (SSSR count). The largest absolute Gasteiger partial charge is 0.381 e. The highest BCUT2D eigenvalue weighted by molar-refractivity contribution is 7.85. The molecule has 2 fully saturated rings. The number of hydrogen-bond acceptors (Lipinski definition) is 24. The van der Waals surface area contributed by atoms with E-state index in [0.717, 1.165) is 130 Å². The van der Waals surface area contributed by atoms with Crippen molar-refractivity contribution in [1.29, 1.82) is 0 Å². The van der Waals surface area contributed by atoms with Gasteiger partial charge in [0.15, 0.2) is 0 Å². The minimum Gasteiger partial charge on any atom is -0.381 e. The first-order chi connectivity index (χ1) is 64.2. The Morgan fingerprint density at radius 3 is 1.23 bits per heavy atom. The molecule has 0 aliphatic carbocycles. The number of methoxy groups -OCH3 is 1. The molecule has 133 heavy (non-hydrogen) atoms. The highest BCUT2D eigenvalue weighted by atomic mass is 35.5. The first-order valence-corrected chi connectivity index (χ1v) is 44.6. The lowest BCUT2D eigenvalue weighted by atomic mass is 10.1. The maximum absolute atomic E-state index is 13.0. The number of halogens is 2. The number of ether oxygens (including phenoxy) is 1. The molecule has 4 aromatic carbocycles. The first kappa shape index (κ1) is 89.4. The van der Waals surface area contributed by atoms with Gasteiger partial charge in [-0.05, 0) is 142 Å². The van der Waals surface area contributed by atoms with Crippen molar-refractivity contribution in [3.05, 3.63) is 252 Å².